The van der Waals surface area contributed by atoms with Crippen molar-refractivity contribution in [3.63, 3.8) is 0 Å². The molecule has 0 spiro atoms. The van der Waals surface area contributed by atoms with Crippen molar-refractivity contribution in [3.05, 3.63) is 6.07 Å². The number of ether oxygens (including phenoxy) is 2. The van der Waals surface area contributed by atoms with Crippen molar-refractivity contribution >= 4 is 17.6 Å². The molecule has 1 aromatic heterocycles. The number of thioether (sulfide) groups is 1. The molecule has 0 amide bonds. The zero-order valence-electron chi connectivity index (χ0n) is 9.77. The van der Waals surface area contributed by atoms with Crippen molar-refractivity contribution in [2.24, 2.45) is 0 Å². The summed E-state index contributed by atoms with van der Waals surface area (Å²) in [6, 6.07) is 1.61. The number of nitrogen functional groups attached to an aromatic ring is 1. The van der Waals surface area contributed by atoms with E-state index in [4.69, 9.17) is 15.2 Å². The van der Waals surface area contributed by atoms with Crippen molar-refractivity contribution < 1.29 is 9.47 Å². The van der Waals surface area contributed by atoms with Gasteiger partial charge in [0.2, 0.25) is 5.88 Å². The SMILES string of the molecule is CCOCC(C)Oc1cc(N)nc(SC)n1. The zero-order chi connectivity index (χ0) is 12.0. The molecule has 2 N–H and O–H groups in total. The first-order valence-electron chi connectivity index (χ1n) is 5.08. The molecular formula is C10H17N3O2S. The number of hydrogen-bond acceptors (Lipinski definition) is 6. The fourth-order valence-electron chi connectivity index (χ4n) is 1.10. The molecule has 16 heavy (non-hydrogen) atoms. The van der Waals surface area contributed by atoms with Gasteiger partial charge >= 0.3 is 0 Å². The van der Waals surface area contributed by atoms with Gasteiger partial charge in [0.05, 0.1) is 6.61 Å². The van der Waals surface area contributed by atoms with E-state index in [2.05, 4.69) is 9.97 Å². The second kappa shape index (κ2) is 6.55. The predicted octanol–water partition coefficient (Wildman–Crippen LogP) is 1.58. The van der Waals surface area contributed by atoms with E-state index >= 15 is 0 Å². The van der Waals surface area contributed by atoms with Crippen LogP contribution in [0, 0.1) is 0 Å². The molecule has 5 nitrogen and oxygen atoms in total. The highest BCUT2D eigenvalue weighted by molar-refractivity contribution is 7.98. The number of aromatic nitrogens is 2. The van der Waals surface area contributed by atoms with Crippen LogP contribution in [0.5, 0.6) is 5.88 Å². The summed E-state index contributed by atoms with van der Waals surface area (Å²) in [6.07, 6.45) is 1.84. The van der Waals surface area contributed by atoms with Gasteiger partial charge in [-0.3, -0.25) is 0 Å². The smallest absolute Gasteiger partial charge is 0.219 e. The fourth-order valence-corrected chi connectivity index (χ4v) is 1.47. The second-order valence-corrected chi connectivity index (χ2v) is 3.98. The average Bonchev–Trinajstić information content (AvgIpc) is 2.25. The first kappa shape index (κ1) is 13.1. The lowest BCUT2D eigenvalue weighted by Gasteiger charge is -2.14. The van der Waals surface area contributed by atoms with Gasteiger partial charge in [0.25, 0.3) is 0 Å². The summed E-state index contributed by atoms with van der Waals surface area (Å²) >= 11 is 1.43. The maximum atomic E-state index is 5.64. The van der Waals surface area contributed by atoms with Crippen LogP contribution >= 0.6 is 11.8 Å². The minimum atomic E-state index is -0.0519. The third-order valence-electron chi connectivity index (χ3n) is 1.76. The van der Waals surface area contributed by atoms with E-state index < -0.39 is 0 Å². The topological polar surface area (TPSA) is 70.3 Å². The van der Waals surface area contributed by atoms with Gasteiger partial charge in [0.1, 0.15) is 11.9 Å². The quantitative estimate of drug-likeness (QED) is 0.604. The minimum absolute atomic E-state index is 0.0519. The van der Waals surface area contributed by atoms with Crippen molar-refractivity contribution in [1.29, 1.82) is 0 Å². The van der Waals surface area contributed by atoms with Crippen molar-refractivity contribution in [2.75, 3.05) is 25.2 Å². The molecule has 0 bridgehead atoms. The summed E-state index contributed by atoms with van der Waals surface area (Å²) in [6.45, 7) is 5.08. The Kier molecular flexibility index (Phi) is 5.34. The van der Waals surface area contributed by atoms with Crippen molar-refractivity contribution in [3.8, 4) is 5.88 Å². The molecule has 1 rings (SSSR count). The van der Waals surface area contributed by atoms with E-state index in [1.165, 1.54) is 11.8 Å². The molecule has 1 aromatic rings. The molecule has 90 valence electrons. The van der Waals surface area contributed by atoms with Crippen LogP contribution in [0.1, 0.15) is 13.8 Å². The van der Waals surface area contributed by atoms with E-state index in [-0.39, 0.29) is 6.10 Å². The number of rotatable bonds is 6. The lowest BCUT2D eigenvalue weighted by Crippen LogP contribution is -2.20. The summed E-state index contributed by atoms with van der Waals surface area (Å²) in [4.78, 5) is 8.23. The van der Waals surface area contributed by atoms with Crippen LogP contribution in [0.25, 0.3) is 0 Å². The monoisotopic (exact) mass is 243 g/mol. The number of anilines is 1. The predicted molar refractivity (Wildman–Crippen MR) is 64.8 cm³/mol. The molecule has 0 saturated heterocycles. The molecule has 0 fully saturated rings. The normalized spacial score (nSPS) is 12.4. The molecular weight excluding hydrogens is 226 g/mol. The molecule has 0 saturated carbocycles. The fraction of sp³-hybridized carbons (Fsp3) is 0.600. The van der Waals surface area contributed by atoms with Crippen molar-refractivity contribution in [1.82, 2.24) is 9.97 Å². The molecule has 0 radical (unpaired) electrons. The Labute approximate surface area is 99.8 Å². The Hall–Kier alpha value is -1.01. The molecule has 1 heterocycles. The van der Waals surface area contributed by atoms with Crippen LogP contribution < -0.4 is 10.5 Å². The highest BCUT2D eigenvalue weighted by Gasteiger charge is 2.07. The van der Waals surface area contributed by atoms with Gasteiger partial charge in [-0.1, -0.05) is 11.8 Å². The molecule has 0 aliphatic carbocycles. The van der Waals surface area contributed by atoms with Crippen LogP contribution in [0.3, 0.4) is 0 Å². The molecule has 1 atom stereocenters. The van der Waals surface area contributed by atoms with Crippen LogP contribution in [0.4, 0.5) is 5.82 Å². The van der Waals surface area contributed by atoms with Gasteiger partial charge in [0, 0.05) is 12.7 Å². The minimum Gasteiger partial charge on any atom is -0.472 e. The first-order chi connectivity index (χ1) is 7.65. The van der Waals surface area contributed by atoms with Crippen molar-refractivity contribution in [2.45, 2.75) is 25.1 Å². The highest BCUT2D eigenvalue weighted by Crippen LogP contribution is 2.17. The van der Waals surface area contributed by atoms with Gasteiger partial charge in [0.15, 0.2) is 5.16 Å². The molecule has 1 unspecified atom stereocenters. The Bertz CT molecular complexity index is 336. The van der Waals surface area contributed by atoms with Gasteiger partial charge in [-0.2, -0.15) is 4.98 Å². The molecule has 0 aliphatic rings. The van der Waals surface area contributed by atoms with Crippen LogP contribution in [0.2, 0.25) is 0 Å². The van der Waals surface area contributed by atoms with E-state index in [0.29, 0.717) is 30.1 Å². The van der Waals surface area contributed by atoms with E-state index in [1.54, 1.807) is 6.07 Å². The molecule has 6 heteroatoms. The summed E-state index contributed by atoms with van der Waals surface area (Å²) in [5.41, 5.74) is 5.64. The van der Waals surface area contributed by atoms with Gasteiger partial charge in [-0.15, -0.1) is 0 Å². The Morgan fingerprint density at radius 3 is 2.88 bits per heavy atom. The van der Waals surface area contributed by atoms with Gasteiger partial charge in [-0.05, 0) is 20.1 Å². The van der Waals surface area contributed by atoms with E-state index in [0.717, 1.165) is 0 Å². The number of hydrogen-bond donors (Lipinski definition) is 1. The van der Waals surface area contributed by atoms with Crippen LogP contribution in [-0.2, 0) is 4.74 Å². The summed E-state index contributed by atoms with van der Waals surface area (Å²) < 4.78 is 10.8. The highest BCUT2D eigenvalue weighted by atomic mass is 32.2. The summed E-state index contributed by atoms with van der Waals surface area (Å²) in [5, 5.41) is 0.610. The summed E-state index contributed by atoms with van der Waals surface area (Å²) in [7, 11) is 0. The van der Waals surface area contributed by atoms with Crippen LogP contribution in [-0.4, -0.2) is 35.5 Å². The molecule has 0 aliphatic heterocycles. The Morgan fingerprint density at radius 1 is 1.50 bits per heavy atom. The Balaban J connectivity index is 2.61. The maximum Gasteiger partial charge on any atom is 0.219 e. The third-order valence-corrected chi connectivity index (χ3v) is 2.31. The maximum absolute atomic E-state index is 5.64. The van der Waals surface area contributed by atoms with E-state index in [9.17, 15) is 0 Å². The van der Waals surface area contributed by atoms with Crippen LogP contribution in [0.15, 0.2) is 11.2 Å². The zero-order valence-corrected chi connectivity index (χ0v) is 10.6. The lowest BCUT2D eigenvalue weighted by molar-refractivity contribution is 0.0629. The van der Waals surface area contributed by atoms with Gasteiger partial charge < -0.3 is 15.2 Å². The third kappa shape index (κ3) is 4.24. The van der Waals surface area contributed by atoms with Gasteiger partial charge in [-0.25, -0.2) is 4.98 Å². The second-order valence-electron chi connectivity index (χ2n) is 3.21. The molecule has 0 aromatic carbocycles. The van der Waals surface area contributed by atoms with E-state index in [1.807, 2.05) is 20.1 Å². The Morgan fingerprint density at radius 2 is 2.25 bits per heavy atom. The first-order valence-corrected chi connectivity index (χ1v) is 6.31. The lowest BCUT2D eigenvalue weighted by atomic mass is 10.4. The average molecular weight is 243 g/mol. The summed E-state index contributed by atoms with van der Waals surface area (Å²) in [5.74, 6) is 0.905. The number of nitrogens with two attached hydrogens (primary N) is 1. The standard InChI is InChI=1S/C10H17N3O2S/c1-4-14-6-7(2)15-9-5-8(11)12-10(13-9)16-3/h5,7H,4,6H2,1-3H3,(H2,11,12,13). The largest absolute Gasteiger partial charge is 0.472 e. The number of nitrogens with zero attached hydrogens (tertiary/aromatic N) is 2.